The summed E-state index contributed by atoms with van der Waals surface area (Å²) >= 11 is 0. The number of guanidine groups is 1. The Kier molecular flexibility index (Phi) is 7.25. The predicted molar refractivity (Wildman–Crippen MR) is 99.4 cm³/mol. The molecule has 0 atom stereocenters. The summed E-state index contributed by atoms with van der Waals surface area (Å²) in [5.41, 5.74) is 1.11. The van der Waals surface area contributed by atoms with Crippen molar-refractivity contribution in [2.45, 2.75) is 33.9 Å². The molecule has 0 aliphatic carbocycles. The first-order valence-corrected chi connectivity index (χ1v) is 8.65. The molecular formula is C18H28N6O. The van der Waals surface area contributed by atoms with Crippen molar-refractivity contribution >= 4 is 5.96 Å². The second-order valence-electron chi connectivity index (χ2n) is 6.20. The molecule has 0 saturated heterocycles. The molecule has 0 unspecified atom stereocenters. The van der Waals surface area contributed by atoms with Gasteiger partial charge in [0.1, 0.15) is 17.9 Å². The number of hydrogen-bond acceptors (Lipinski definition) is 4. The molecule has 7 heteroatoms. The van der Waals surface area contributed by atoms with Crippen LogP contribution in [-0.4, -0.2) is 33.9 Å². The van der Waals surface area contributed by atoms with E-state index in [1.807, 2.05) is 32.2 Å². The lowest BCUT2D eigenvalue weighted by Gasteiger charge is -2.12. The fourth-order valence-corrected chi connectivity index (χ4v) is 2.15. The van der Waals surface area contributed by atoms with Crippen molar-refractivity contribution in [1.29, 1.82) is 0 Å². The highest BCUT2D eigenvalue weighted by molar-refractivity contribution is 5.79. The first-order valence-electron chi connectivity index (χ1n) is 8.65. The highest BCUT2D eigenvalue weighted by Gasteiger charge is 2.03. The van der Waals surface area contributed by atoms with Gasteiger partial charge in [-0.05, 0) is 30.5 Å². The Labute approximate surface area is 149 Å². The lowest BCUT2D eigenvalue weighted by molar-refractivity contribution is 0.271. The fraction of sp³-hybridized carbons (Fsp3) is 0.500. The number of hydrogen-bond donors (Lipinski definition) is 2. The molecule has 0 saturated carbocycles. The average molecular weight is 344 g/mol. The largest absolute Gasteiger partial charge is 0.493 e. The molecule has 1 aromatic carbocycles. The number of benzene rings is 1. The van der Waals surface area contributed by atoms with Gasteiger partial charge in [0.25, 0.3) is 0 Å². The topological polar surface area (TPSA) is 76.4 Å². The summed E-state index contributed by atoms with van der Waals surface area (Å²) in [4.78, 5) is 8.83. The zero-order valence-electron chi connectivity index (χ0n) is 15.5. The van der Waals surface area contributed by atoms with E-state index >= 15 is 0 Å². The van der Waals surface area contributed by atoms with E-state index in [2.05, 4.69) is 45.6 Å². The third-order valence-electron chi connectivity index (χ3n) is 3.46. The van der Waals surface area contributed by atoms with Crippen molar-refractivity contribution in [3.63, 3.8) is 0 Å². The zero-order chi connectivity index (χ0) is 18.1. The minimum atomic E-state index is 0.506. The Bertz CT molecular complexity index is 680. The molecule has 0 amide bonds. The second-order valence-corrected chi connectivity index (χ2v) is 6.20. The van der Waals surface area contributed by atoms with E-state index in [1.54, 1.807) is 11.0 Å². The molecule has 0 aliphatic rings. The summed E-state index contributed by atoms with van der Waals surface area (Å²) in [6, 6.07) is 8.07. The van der Waals surface area contributed by atoms with Gasteiger partial charge in [-0.1, -0.05) is 26.0 Å². The van der Waals surface area contributed by atoms with Gasteiger partial charge in [0.2, 0.25) is 0 Å². The minimum Gasteiger partial charge on any atom is -0.493 e. The molecule has 2 aromatic rings. The normalized spacial score (nSPS) is 11.6. The van der Waals surface area contributed by atoms with Crippen LogP contribution in [0.3, 0.4) is 0 Å². The summed E-state index contributed by atoms with van der Waals surface area (Å²) in [7, 11) is 1.87. The Morgan fingerprint density at radius 1 is 1.32 bits per heavy atom. The maximum absolute atomic E-state index is 5.77. The second kappa shape index (κ2) is 9.66. The standard InChI is InChI=1S/C18H28N6O/c1-5-19-18(21-11-17-22-13-23-24(17)4)20-10-15-7-6-8-16(9-15)25-12-14(2)3/h6-9,13-14H,5,10-12H2,1-4H3,(H2,19,20,21). The number of nitrogens with one attached hydrogen (secondary N) is 2. The average Bonchev–Trinajstić information content (AvgIpc) is 3.01. The first kappa shape index (κ1) is 18.8. The quantitative estimate of drug-likeness (QED) is 0.566. The van der Waals surface area contributed by atoms with Crippen molar-refractivity contribution in [3.8, 4) is 5.75 Å². The van der Waals surface area contributed by atoms with Crippen LogP contribution < -0.4 is 15.4 Å². The molecule has 7 nitrogen and oxygen atoms in total. The third-order valence-corrected chi connectivity index (χ3v) is 3.46. The maximum Gasteiger partial charge on any atom is 0.191 e. The van der Waals surface area contributed by atoms with Crippen LogP contribution in [0.2, 0.25) is 0 Å². The SMILES string of the molecule is CCNC(=NCc1cccc(OCC(C)C)c1)NCc1ncnn1C. The maximum atomic E-state index is 5.77. The summed E-state index contributed by atoms with van der Waals surface area (Å²) in [5.74, 6) is 3.00. The van der Waals surface area contributed by atoms with Crippen LogP contribution in [0.25, 0.3) is 0 Å². The van der Waals surface area contributed by atoms with E-state index in [0.29, 0.717) is 25.6 Å². The van der Waals surface area contributed by atoms with Gasteiger partial charge in [0.05, 0.1) is 19.7 Å². The molecule has 2 N–H and O–H groups in total. The number of aryl methyl sites for hydroxylation is 1. The third kappa shape index (κ3) is 6.45. The van der Waals surface area contributed by atoms with Gasteiger partial charge in [-0.25, -0.2) is 9.98 Å². The molecule has 136 valence electrons. The van der Waals surface area contributed by atoms with E-state index < -0.39 is 0 Å². The first-order chi connectivity index (χ1) is 12.1. The lowest BCUT2D eigenvalue weighted by atomic mass is 10.2. The smallest absolute Gasteiger partial charge is 0.191 e. The van der Waals surface area contributed by atoms with Gasteiger partial charge >= 0.3 is 0 Å². The van der Waals surface area contributed by atoms with Crippen LogP contribution in [0.4, 0.5) is 0 Å². The van der Waals surface area contributed by atoms with Crippen LogP contribution >= 0.6 is 0 Å². The molecule has 1 heterocycles. The number of aliphatic imine (C=N–C) groups is 1. The highest BCUT2D eigenvalue weighted by Crippen LogP contribution is 2.15. The van der Waals surface area contributed by atoms with E-state index in [1.165, 1.54) is 0 Å². The molecule has 1 aromatic heterocycles. The van der Waals surface area contributed by atoms with Crippen molar-refractivity contribution in [2.75, 3.05) is 13.2 Å². The molecule has 0 fully saturated rings. The molecule has 0 radical (unpaired) electrons. The van der Waals surface area contributed by atoms with Crippen LogP contribution in [-0.2, 0) is 20.1 Å². The van der Waals surface area contributed by atoms with E-state index in [-0.39, 0.29) is 0 Å². The lowest BCUT2D eigenvalue weighted by Crippen LogP contribution is -2.37. The molecule has 0 aliphatic heterocycles. The minimum absolute atomic E-state index is 0.506. The molecular weight excluding hydrogens is 316 g/mol. The predicted octanol–water partition coefficient (Wildman–Crippen LogP) is 2.11. The van der Waals surface area contributed by atoms with Gasteiger partial charge in [0.15, 0.2) is 5.96 Å². The fourth-order valence-electron chi connectivity index (χ4n) is 2.15. The summed E-state index contributed by atoms with van der Waals surface area (Å²) < 4.78 is 7.52. The Morgan fingerprint density at radius 2 is 2.16 bits per heavy atom. The highest BCUT2D eigenvalue weighted by atomic mass is 16.5. The summed E-state index contributed by atoms with van der Waals surface area (Å²) in [6.45, 7) is 8.98. The van der Waals surface area contributed by atoms with Crippen molar-refractivity contribution in [1.82, 2.24) is 25.4 Å². The summed E-state index contributed by atoms with van der Waals surface area (Å²) in [6.07, 6.45) is 1.55. The Balaban J connectivity index is 1.95. The van der Waals surface area contributed by atoms with E-state index in [9.17, 15) is 0 Å². The van der Waals surface area contributed by atoms with Crippen LogP contribution in [0.15, 0.2) is 35.6 Å². The van der Waals surface area contributed by atoms with Crippen molar-refractivity contribution in [2.24, 2.45) is 18.0 Å². The van der Waals surface area contributed by atoms with Crippen LogP contribution in [0, 0.1) is 5.92 Å². The van der Waals surface area contributed by atoms with Gasteiger partial charge in [-0.2, -0.15) is 5.10 Å². The number of aromatic nitrogens is 3. The Hall–Kier alpha value is -2.57. The number of ether oxygens (including phenoxy) is 1. The zero-order valence-corrected chi connectivity index (χ0v) is 15.5. The van der Waals surface area contributed by atoms with Crippen molar-refractivity contribution in [3.05, 3.63) is 42.0 Å². The van der Waals surface area contributed by atoms with E-state index in [0.717, 1.165) is 29.6 Å². The molecule has 25 heavy (non-hydrogen) atoms. The van der Waals surface area contributed by atoms with Crippen LogP contribution in [0.1, 0.15) is 32.2 Å². The molecule has 0 spiro atoms. The van der Waals surface area contributed by atoms with Crippen molar-refractivity contribution < 1.29 is 4.74 Å². The van der Waals surface area contributed by atoms with E-state index in [4.69, 9.17) is 4.74 Å². The van der Waals surface area contributed by atoms with Gasteiger partial charge in [-0.3, -0.25) is 4.68 Å². The number of rotatable bonds is 8. The van der Waals surface area contributed by atoms with Crippen LogP contribution in [0.5, 0.6) is 5.75 Å². The van der Waals surface area contributed by atoms with Gasteiger partial charge in [-0.15, -0.1) is 0 Å². The Morgan fingerprint density at radius 3 is 2.84 bits per heavy atom. The monoisotopic (exact) mass is 344 g/mol. The van der Waals surface area contributed by atoms with Gasteiger partial charge in [0, 0.05) is 13.6 Å². The number of nitrogens with zero attached hydrogens (tertiary/aromatic N) is 4. The molecule has 0 bridgehead atoms. The van der Waals surface area contributed by atoms with Gasteiger partial charge < -0.3 is 15.4 Å². The molecule has 2 rings (SSSR count). The summed E-state index contributed by atoms with van der Waals surface area (Å²) in [5, 5.41) is 10.6.